The van der Waals surface area contributed by atoms with Gasteiger partial charge in [0.2, 0.25) is 11.4 Å². The molecule has 47 heavy (non-hydrogen) atoms. The van der Waals surface area contributed by atoms with E-state index in [0.717, 1.165) is 68.2 Å². The number of nitro groups is 1. The second kappa shape index (κ2) is 15.6. The average Bonchev–Trinajstić information content (AvgIpc) is 3.53. The number of hydrogen-bond acceptors (Lipinski definition) is 9. The van der Waals surface area contributed by atoms with Crippen molar-refractivity contribution < 1.29 is 24.2 Å². The molecule has 1 aromatic heterocycles. The maximum absolute atomic E-state index is 12.7. The fourth-order valence-corrected chi connectivity index (χ4v) is 7.17. The van der Waals surface area contributed by atoms with Crippen molar-refractivity contribution >= 4 is 28.3 Å². The molecule has 2 heterocycles. The highest BCUT2D eigenvalue weighted by atomic mass is 16.6. The minimum atomic E-state index is -0.503. The number of carbonyl (C=O) groups excluding carboxylic acids is 1. The molecular weight excluding hydrogens is 598 g/mol. The lowest BCUT2D eigenvalue weighted by molar-refractivity contribution is -0.383. The Balaban J connectivity index is 1.04. The normalized spacial score (nSPS) is 18.1. The number of ether oxygens (including phenoxy) is 1. The summed E-state index contributed by atoms with van der Waals surface area (Å²) in [6.07, 6.45) is 15.0. The van der Waals surface area contributed by atoms with Gasteiger partial charge in [0.05, 0.1) is 10.6 Å². The lowest BCUT2D eigenvalue weighted by atomic mass is 9.67. The zero-order chi connectivity index (χ0) is 33.4. The van der Waals surface area contributed by atoms with Crippen LogP contribution in [-0.4, -0.2) is 44.9 Å². The van der Waals surface area contributed by atoms with Crippen molar-refractivity contribution in [1.82, 2.24) is 15.6 Å². The Hall–Kier alpha value is -4.15. The van der Waals surface area contributed by atoms with Crippen LogP contribution < -0.4 is 15.4 Å². The second-order valence-electron chi connectivity index (χ2n) is 13.6. The van der Waals surface area contributed by atoms with Crippen LogP contribution in [0.1, 0.15) is 115 Å². The number of phenolic OH excluding ortho intramolecular Hbond substituents is 1. The van der Waals surface area contributed by atoms with E-state index in [1.54, 1.807) is 6.07 Å². The third-order valence-corrected chi connectivity index (χ3v) is 9.76. The number of nitrogens with one attached hydrogen (secondary N) is 2. The van der Waals surface area contributed by atoms with Crippen LogP contribution in [0, 0.1) is 16.0 Å². The van der Waals surface area contributed by atoms with Crippen molar-refractivity contribution in [3.05, 3.63) is 57.2 Å². The maximum atomic E-state index is 12.7. The number of fused-ring (bicyclic) bond motifs is 4. The van der Waals surface area contributed by atoms with Crippen molar-refractivity contribution in [3.8, 4) is 11.5 Å². The van der Waals surface area contributed by atoms with Crippen LogP contribution in [0.3, 0.4) is 0 Å². The number of benzene rings is 2. The number of amides is 1. The molecule has 2 aliphatic rings. The Morgan fingerprint density at radius 1 is 1.06 bits per heavy atom. The van der Waals surface area contributed by atoms with Gasteiger partial charge in [-0.05, 0) is 86.4 Å². The van der Waals surface area contributed by atoms with Crippen molar-refractivity contribution in [3.63, 3.8) is 0 Å². The highest BCUT2D eigenvalue weighted by molar-refractivity contribution is 5.93. The number of hydrogen-bond donors (Lipinski definition) is 3. The first-order valence-electron chi connectivity index (χ1n) is 17.3. The number of aromatic hydroxyl groups is 1. The monoisotopic (exact) mass is 647 g/mol. The molecule has 3 aromatic rings. The van der Waals surface area contributed by atoms with Gasteiger partial charge in [0.1, 0.15) is 17.1 Å². The molecule has 0 fully saturated rings. The SMILES string of the molecule is CCCCCCCc1cc(O)c2c(c1)OC(C)(C)C1CC=C(CNC(=O)CCCCCCNc3ccc([N+](=O)[O-])c4nonc34)CC21. The molecule has 254 valence electrons. The predicted molar refractivity (Wildman–Crippen MR) is 182 cm³/mol. The molecule has 1 aliphatic carbocycles. The van der Waals surface area contributed by atoms with Gasteiger partial charge in [-0.1, -0.05) is 57.1 Å². The molecule has 0 saturated heterocycles. The first kappa shape index (κ1) is 34.2. The molecule has 0 saturated carbocycles. The smallest absolute Gasteiger partial charge is 0.300 e. The van der Waals surface area contributed by atoms with E-state index in [-0.39, 0.29) is 34.5 Å². The van der Waals surface area contributed by atoms with Gasteiger partial charge in [0, 0.05) is 43.0 Å². The molecule has 0 spiro atoms. The van der Waals surface area contributed by atoms with Crippen LogP contribution in [0.25, 0.3) is 11.0 Å². The molecule has 11 nitrogen and oxygen atoms in total. The second-order valence-corrected chi connectivity index (χ2v) is 13.6. The molecule has 0 bridgehead atoms. The van der Waals surface area contributed by atoms with Gasteiger partial charge in [-0.25, -0.2) is 4.63 Å². The molecule has 1 aliphatic heterocycles. The summed E-state index contributed by atoms with van der Waals surface area (Å²) in [6.45, 7) is 7.73. The van der Waals surface area contributed by atoms with Gasteiger partial charge in [0.15, 0.2) is 5.52 Å². The van der Waals surface area contributed by atoms with E-state index in [9.17, 15) is 20.0 Å². The first-order valence-corrected chi connectivity index (χ1v) is 17.3. The lowest BCUT2D eigenvalue weighted by Gasteiger charge is -2.47. The van der Waals surface area contributed by atoms with Crippen LogP contribution in [0.4, 0.5) is 11.4 Å². The van der Waals surface area contributed by atoms with E-state index < -0.39 is 4.92 Å². The van der Waals surface area contributed by atoms with Crippen LogP contribution >= 0.6 is 0 Å². The number of rotatable bonds is 17. The summed E-state index contributed by atoms with van der Waals surface area (Å²) in [5, 5.41) is 36.2. The van der Waals surface area contributed by atoms with E-state index in [0.29, 0.717) is 36.5 Å². The zero-order valence-corrected chi connectivity index (χ0v) is 28.0. The molecule has 1 amide bonds. The zero-order valence-electron chi connectivity index (χ0n) is 28.0. The first-order chi connectivity index (χ1) is 22.7. The molecule has 2 aromatic carbocycles. The predicted octanol–water partition coefficient (Wildman–Crippen LogP) is 8.12. The number of aryl methyl sites for hydroxylation is 1. The molecular formula is C36H49N5O6. The fourth-order valence-electron chi connectivity index (χ4n) is 7.17. The topological polar surface area (TPSA) is 153 Å². The number of anilines is 1. The number of nitro benzene ring substituents is 1. The van der Waals surface area contributed by atoms with Crippen LogP contribution in [-0.2, 0) is 11.2 Å². The summed E-state index contributed by atoms with van der Waals surface area (Å²) in [5.41, 5.74) is 3.91. The van der Waals surface area contributed by atoms with Crippen LogP contribution in [0.5, 0.6) is 11.5 Å². The van der Waals surface area contributed by atoms with Crippen molar-refractivity contribution in [1.29, 1.82) is 0 Å². The standard InChI is InChI=1S/C36H49N5O6/c1-4-5-6-7-10-13-24-21-30(42)33-26-20-25(15-16-27(26)36(2,3)46-31(33)22-24)23-38-32(43)14-11-8-9-12-19-37-28-17-18-29(41(44)45)35-34(28)39-47-40-35/h15,17-18,21-22,26-27,37,42H,4-14,16,19-20,23H2,1-3H3,(H,38,43). The summed E-state index contributed by atoms with van der Waals surface area (Å²) in [6, 6.07) is 7.10. The number of carbonyl (C=O) groups is 1. The van der Waals surface area contributed by atoms with Gasteiger partial charge in [-0.3, -0.25) is 14.9 Å². The fraction of sp³-hybridized carbons (Fsp3) is 0.583. The molecule has 3 N–H and O–H groups in total. The van der Waals surface area contributed by atoms with E-state index in [1.807, 2.05) is 6.07 Å². The van der Waals surface area contributed by atoms with Crippen LogP contribution in [0.2, 0.25) is 0 Å². The number of nitrogens with zero attached hydrogens (tertiary/aromatic N) is 3. The number of allylic oxidation sites excluding steroid dienone is 1. The number of unbranched alkanes of at least 4 members (excludes halogenated alkanes) is 7. The Morgan fingerprint density at radius 3 is 2.64 bits per heavy atom. The summed E-state index contributed by atoms with van der Waals surface area (Å²) in [5.74, 6) is 1.62. The Labute approximate surface area is 276 Å². The molecule has 2 unspecified atom stereocenters. The van der Waals surface area contributed by atoms with Crippen LogP contribution in [0.15, 0.2) is 40.5 Å². The summed E-state index contributed by atoms with van der Waals surface area (Å²) < 4.78 is 11.2. The molecule has 5 rings (SSSR count). The number of phenols is 1. The third kappa shape index (κ3) is 8.42. The third-order valence-electron chi connectivity index (χ3n) is 9.76. The Morgan fingerprint density at radius 2 is 1.83 bits per heavy atom. The van der Waals surface area contributed by atoms with Gasteiger partial charge in [-0.2, -0.15) is 0 Å². The van der Waals surface area contributed by atoms with Gasteiger partial charge >= 0.3 is 5.69 Å². The summed E-state index contributed by atoms with van der Waals surface area (Å²) in [7, 11) is 0. The van der Waals surface area contributed by atoms with Crippen molar-refractivity contribution in [2.24, 2.45) is 5.92 Å². The highest BCUT2D eigenvalue weighted by Gasteiger charge is 2.46. The quantitative estimate of drug-likeness (QED) is 0.0570. The minimum Gasteiger partial charge on any atom is -0.508 e. The molecule has 0 radical (unpaired) electrons. The highest BCUT2D eigenvalue weighted by Crippen LogP contribution is 2.54. The summed E-state index contributed by atoms with van der Waals surface area (Å²) >= 11 is 0. The van der Waals surface area contributed by atoms with E-state index >= 15 is 0 Å². The van der Waals surface area contributed by atoms with Gasteiger partial charge < -0.3 is 20.5 Å². The number of aromatic nitrogens is 2. The Kier molecular flexibility index (Phi) is 11.4. The maximum Gasteiger partial charge on any atom is 0.300 e. The van der Waals surface area contributed by atoms with E-state index in [4.69, 9.17) is 9.37 Å². The number of non-ortho nitro benzene ring substituents is 1. The van der Waals surface area contributed by atoms with Gasteiger partial charge in [-0.15, -0.1) is 0 Å². The minimum absolute atomic E-state index is 0.0529. The summed E-state index contributed by atoms with van der Waals surface area (Å²) in [4.78, 5) is 23.3. The lowest BCUT2D eigenvalue weighted by Crippen LogP contribution is -2.46. The van der Waals surface area contributed by atoms with E-state index in [2.05, 4.69) is 53.9 Å². The Bertz CT molecular complexity index is 1580. The van der Waals surface area contributed by atoms with Gasteiger partial charge in [0.25, 0.3) is 0 Å². The molecule has 11 heteroatoms. The van der Waals surface area contributed by atoms with E-state index in [1.165, 1.54) is 37.3 Å². The van der Waals surface area contributed by atoms with Crippen molar-refractivity contribution in [2.75, 3.05) is 18.4 Å². The molecule has 2 atom stereocenters. The average molecular weight is 648 g/mol. The largest absolute Gasteiger partial charge is 0.508 e. The van der Waals surface area contributed by atoms with Crippen molar-refractivity contribution in [2.45, 2.75) is 116 Å².